The Morgan fingerprint density at radius 3 is 2.19 bits per heavy atom. The zero-order valence-corrected chi connectivity index (χ0v) is 13.1. The molecule has 21 heavy (non-hydrogen) atoms. The zero-order chi connectivity index (χ0) is 14.9. The van der Waals surface area contributed by atoms with Crippen LogP contribution in [-0.2, 0) is 14.9 Å². The first-order valence-corrected chi connectivity index (χ1v) is 8.95. The number of aromatic nitrogens is 2. The Labute approximate surface area is 127 Å². The molecular formula is C10H18N6O3S2. The highest BCUT2D eigenvalue weighted by molar-refractivity contribution is 7.86. The maximum Gasteiger partial charge on any atom is 0.282 e. The highest BCUT2D eigenvalue weighted by atomic mass is 32.2. The summed E-state index contributed by atoms with van der Waals surface area (Å²) in [6.45, 7) is 3.85. The van der Waals surface area contributed by atoms with Crippen LogP contribution < -0.4 is 10.6 Å². The maximum absolute atomic E-state index is 12.5. The molecule has 3 heterocycles. The number of rotatable bonds is 3. The number of anilines is 2. The number of hydrogen-bond acceptors (Lipinski definition) is 8. The monoisotopic (exact) mass is 334 g/mol. The first-order chi connectivity index (χ1) is 10.1. The van der Waals surface area contributed by atoms with E-state index >= 15 is 0 Å². The normalized spacial score (nSPS) is 22.6. The number of nitrogens with zero attached hydrogens (tertiary/aromatic N) is 5. The van der Waals surface area contributed by atoms with E-state index in [0.717, 1.165) is 5.13 Å². The smallest absolute Gasteiger partial charge is 0.282 e. The van der Waals surface area contributed by atoms with Crippen molar-refractivity contribution in [2.75, 3.05) is 63.1 Å². The summed E-state index contributed by atoms with van der Waals surface area (Å²) in [6.07, 6.45) is 0. The average Bonchev–Trinajstić information content (AvgIpc) is 2.95. The summed E-state index contributed by atoms with van der Waals surface area (Å²) < 4.78 is 33.3. The molecule has 1 aromatic heterocycles. The third-order valence-corrected chi connectivity index (χ3v) is 6.41. The summed E-state index contributed by atoms with van der Waals surface area (Å²) in [5.41, 5.74) is 5.57. The van der Waals surface area contributed by atoms with Crippen LogP contribution in [-0.4, -0.2) is 79.7 Å². The fraction of sp³-hybridized carbons (Fsp3) is 0.800. The molecule has 0 bridgehead atoms. The Balaban J connectivity index is 1.62. The average molecular weight is 334 g/mol. The van der Waals surface area contributed by atoms with E-state index in [1.807, 2.05) is 4.90 Å². The van der Waals surface area contributed by atoms with Gasteiger partial charge < -0.3 is 15.4 Å². The molecule has 3 rings (SSSR count). The summed E-state index contributed by atoms with van der Waals surface area (Å²) in [6, 6.07) is 0. The van der Waals surface area contributed by atoms with Gasteiger partial charge in [0.15, 0.2) is 0 Å². The van der Waals surface area contributed by atoms with E-state index < -0.39 is 10.2 Å². The molecule has 9 nitrogen and oxygen atoms in total. The van der Waals surface area contributed by atoms with Gasteiger partial charge in [-0.2, -0.15) is 17.0 Å². The van der Waals surface area contributed by atoms with Crippen molar-refractivity contribution in [2.24, 2.45) is 0 Å². The maximum atomic E-state index is 12.5. The summed E-state index contributed by atoms with van der Waals surface area (Å²) in [4.78, 5) is 2.01. The molecule has 2 aliphatic heterocycles. The van der Waals surface area contributed by atoms with Gasteiger partial charge in [0.25, 0.3) is 10.2 Å². The predicted octanol–water partition coefficient (Wildman–Crippen LogP) is -1.18. The Morgan fingerprint density at radius 1 is 1.00 bits per heavy atom. The highest BCUT2D eigenvalue weighted by Gasteiger charge is 2.33. The largest absolute Gasteiger partial charge is 0.379 e. The quantitative estimate of drug-likeness (QED) is 0.742. The van der Waals surface area contributed by atoms with Crippen LogP contribution in [0.25, 0.3) is 0 Å². The Morgan fingerprint density at radius 2 is 1.62 bits per heavy atom. The van der Waals surface area contributed by atoms with Gasteiger partial charge >= 0.3 is 0 Å². The number of nitrogens with two attached hydrogens (primary N) is 1. The van der Waals surface area contributed by atoms with Crippen LogP contribution in [0.2, 0.25) is 0 Å². The lowest BCUT2D eigenvalue weighted by Gasteiger charge is -2.37. The molecule has 0 aliphatic carbocycles. The minimum absolute atomic E-state index is 0.424. The highest BCUT2D eigenvalue weighted by Crippen LogP contribution is 2.23. The SMILES string of the molecule is Nc1nnc(N2CCN(S(=O)(=O)N3CCOCC3)CC2)s1. The summed E-state index contributed by atoms with van der Waals surface area (Å²) in [7, 11) is -3.38. The van der Waals surface area contributed by atoms with Crippen molar-refractivity contribution in [2.45, 2.75) is 0 Å². The molecule has 0 radical (unpaired) electrons. The van der Waals surface area contributed by atoms with E-state index in [9.17, 15) is 8.42 Å². The van der Waals surface area contributed by atoms with Crippen molar-refractivity contribution in [3.63, 3.8) is 0 Å². The predicted molar refractivity (Wildman–Crippen MR) is 79.4 cm³/mol. The van der Waals surface area contributed by atoms with Crippen molar-refractivity contribution in [1.29, 1.82) is 0 Å². The van der Waals surface area contributed by atoms with Crippen molar-refractivity contribution in [1.82, 2.24) is 18.8 Å². The Hall–Kier alpha value is -1.01. The van der Waals surface area contributed by atoms with Crippen LogP contribution in [0.15, 0.2) is 0 Å². The third kappa shape index (κ3) is 3.11. The second kappa shape index (κ2) is 6.01. The van der Waals surface area contributed by atoms with E-state index in [2.05, 4.69) is 10.2 Å². The van der Waals surface area contributed by atoms with Crippen LogP contribution in [0.4, 0.5) is 10.3 Å². The molecule has 0 amide bonds. The molecule has 0 saturated carbocycles. The molecule has 0 spiro atoms. The summed E-state index contributed by atoms with van der Waals surface area (Å²) >= 11 is 1.32. The van der Waals surface area contributed by atoms with Crippen LogP contribution in [0, 0.1) is 0 Å². The van der Waals surface area contributed by atoms with Crippen molar-refractivity contribution in [3.05, 3.63) is 0 Å². The summed E-state index contributed by atoms with van der Waals surface area (Å²) in [5, 5.41) is 8.95. The first-order valence-electron chi connectivity index (χ1n) is 6.74. The first kappa shape index (κ1) is 14.9. The van der Waals surface area contributed by atoms with Gasteiger partial charge in [-0.25, -0.2) is 0 Å². The standard InChI is InChI=1S/C10H18N6O3S2/c11-9-12-13-10(20-9)14-1-3-15(4-2-14)21(17,18)16-5-7-19-8-6-16/h1-8H2,(H2,11,12). The van der Waals surface area contributed by atoms with Gasteiger partial charge in [0.05, 0.1) is 13.2 Å². The molecule has 0 aromatic carbocycles. The molecule has 1 aromatic rings. The molecule has 2 aliphatic rings. The minimum Gasteiger partial charge on any atom is -0.379 e. The molecule has 11 heteroatoms. The lowest BCUT2D eigenvalue weighted by molar-refractivity contribution is 0.0700. The van der Waals surface area contributed by atoms with E-state index in [1.54, 1.807) is 0 Å². The number of morpholine rings is 1. The second-order valence-corrected chi connectivity index (χ2v) is 7.74. The van der Waals surface area contributed by atoms with E-state index in [0.29, 0.717) is 57.6 Å². The summed E-state index contributed by atoms with van der Waals surface area (Å²) in [5.74, 6) is 0. The molecule has 2 fully saturated rings. The minimum atomic E-state index is -3.38. The van der Waals surface area contributed by atoms with Gasteiger partial charge in [0.2, 0.25) is 10.3 Å². The zero-order valence-electron chi connectivity index (χ0n) is 11.5. The van der Waals surface area contributed by atoms with Crippen LogP contribution in [0.5, 0.6) is 0 Å². The Bertz CT molecular complexity index is 577. The third-order valence-electron chi connectivity index (χ3n) is 3.56. The van der Waals surface area contributed by atoms with Gasteiger partial charge in [0, 0.05) is 39.3 Å². The van der Waals surface area contributed by atoms with E-state index in [4.69, 9.17) is 10.5 Å². The van der Waals surface area contributed by atoms with E-state index in [-0.39, 0.29) is 0 Å². The van der Waals surface area contributed by atoms with Gasteiger partial charge in [-0.1, -0.05) is 11.3 Å². The lowest BCUT2D eigenvalue weighted by Crippen LogP contribution is -2.55. The van der Waals surface area contributed by atoms with Crippen LogP contribution in [0.3, 0.4) is 0 Å². The van der Waals surface area contributed by atoms with Gasteiger partial charge in [-0.15, -0.1) is 10.2 Å². The van der Waals surface area contributed by atoms with Crippen molar-refractivity contribution >= 4 is 31.8 Å². The Kier molecular flexibility index (Phi) is 4.26. The van der Waals surface area contributed by atoms with Crippen LogP contribution >= 0.6 is 11.3 Å². The lowest BCUT2D eigenvalue weighted by atomic mass is 10.4. The fourth-order valence-electron chi connectivity index (χ4n) is 2.40. The second-order valence-electron chi connectivity index (χ2n) is 4.83. The van der Waals surface area contributed by atoms with Crippen molar-refractivity contribution < 1.29 is 13.2 Å². The number of piperazine rings is 1. The molecule has 0 unspecified atom stereocenters. The van der Waals surface area contributed by atoms with Crippen molar-refractivity contribution in [3.8, 4) is 0 Å². The van der Waals surface area contributed by atoms with Gasteiger partial charge in [-0.05, 0) is 0 Å². The molecule has 2 N–H and O–H groups in total. The van der Waals surface area contributed by atoms with Gasteiger partial charge in [-0.3, -0.25) is 0 Å². The molecular weight excluding hydrogens is 316 g/mol. The number of hydrogen-bond donors (Lipinski definition) is 1. The fourth-order valence-corrected chi connectivity index (χ4v) is 4.63. The topological polar surface area (TPSA) is 105 Å². The molecule has 2 saturated heterocycles. The molecule has 118 valence electrons. The van der Waals surface area contributed by atoms with Crippen LogP contribution in [0.1, 0.15) is 0 Å². The van der Waals surface area contributed by atoms with E-state index in [1.165, 1.54) is 19.9 Å². The molecule has 0 atom stereocenters. The number of ether oxygens (including phenoxy) is 1. The number of nitrogen functional groups attached to an aromatic ring is 1. The van der Waals surface area contributed by atoms with Gasteiger partial charge in [0.1, 0.15) is 0 Å².